The number of nitrogens with zero attached hydrogens (tertiary/aromatic N) is 2. The molecule has 3 nitrogen and oxygen atoms in total. The van der Waals surface area contributed by atoms with Crippen LogP contribution in [0.5, 0.6) is 0 Å². The lowest BCUT2D eigenvalue weighted by molar-refractivity contribution is 0.319. The Morgan fingerprint density at radius 3 is 2.52 bits per heavy atom. The average Bonchev–Trinajstić information content (AvgIpc) is 3.04. The van der Waals surface area contributed by atoms with Crippen LogP contribution in [0.15, 0.2) is 36.7 Å². The molecular formula is C19H28ClN3. The second kappa shape index (κ2) is 9.09. The summed E-state index contributed by atoms with van der Waals surface area (Å²) in [5, 5.41) is 7.72. The number of aromatic nitrogens is 2. The molecule has 4 heteroatoms. The Bertz CT molecular complexity index is 571. The summed E-state index contributed by atoms with van der Waals surface area (Å²) in [5.41, 5.74) is 3.79. The van der Waals surface area contributed by atoms with E-state index < -0.39 is 0 Å². The maximum absolute atomic E-state index is 4.54. The van der Waals surface area contributed by atoms with E-state index in [1.165, 1.54) is 55.2 Å². The molecule has 126 valence electrons. The number of rotatable bonds is 6. The normalized spacial score (nSPS) is 15.3. The van der Waals surface area contributed by atoms with Crippen molar-refractivity contribution in [3.63, 3.8) is 0 Å². The van der Waals surface area contributed by atoms with Gasteiger partial charge in [0.2, 0.25) is 0 Å². The molecule has 1 aromatic carbocycles. The molecule has 1 saturated carbocycles. The molecule has 1 aliphatic carbocycles. The predicted molar refractivity (Wildman–Crippen MR) is 98.9 cm³/mol. The Kier molecular flexibility index (Phi) is 7.13. The van der Waals surface area contributed by atoms with Crippen molar-refractivity contribution >= 4 is 12.4 Å². The summed E-state index contributed by atoms with van der Waals surface area (Å²) in [4.78, 5) is 0. The van der Waals surface area contributed by atoms with Gasteiger partial charge in [0.05, 0.1) is 6.20 Å². The maximum atomic E-state index is 4.54. The van der Waals surface area contributed by atoms with Gasteiger partial charge < -0.3 is 5.32 Å². The van der Waals surface area contributed by atoms with Crippen molar-refractivity contribution in [2.45, 2.75) is 51.6 Å². The second-order valence-electron chi connectivity index (χ2n) is 6.51. The molecule has 1 fully saturated rings. The van der Waals surface area contributed by atoms with Gasteiger partial charge in [0.25, 0.3) is 0 Å². The first-order valence-corrected chi connectivity index (χ1v) is 8.61. The number of benzene rings is 1. The molecule has 0 bridgehead atoms. The van der Waals surface area contributed by atoms with Gasteiger partial charge in [-0.3, -0.25) is 4.68 Å². The quantitative estimate of drug-likeness (QED) is 0.833. The van der Waals surface area contributed by atoms with Crippen molar-refractivity contribution < 1.29 is 0 Å². The van der Waals surface area contributed by atoms with Crippen LogP contribution in [0.1, 0.15) is 44.1 Å². The lowest BCUT2D eigenvalue weighted by atomic mass is 9.87. The van der Waals surface area contributed by atoms with E-state index in [-0.39, 0.29) is 12.4 Å². The van der Waals surface area contributed by atoms with E-state index in [1.54, 1.807) is 0 Å². The van der Waals surface area contributed by atoms with Gasteiger partial charge in [0.15, 0.2) is 0 Å². The molecule has 0 aliphatic heterocycles. The summed E-state index contributed by atoms with van der Waals surface area (Å²) in [7, 11) is 1.98. The van der Waals surface area contributed by atoms with Crippen LogP contribution < -0.4 is 5.32 Å². The molecular weight excluding hydrogens is 306 g/mol. The van der Waals surface area contributed by atoms with Gasteiger partial charge in [-0.25, -0.2) is 0 Å². The van der Waals surface area contributed by atoms with Crippen LogP contribution in [-0.2, 0) is 13.1 Å². The third kappa shape index (κ3) is 5.08. The first kappa shape index (κ1) is 18.0. The van der Waals surface area contributed by atoms with Crippen molar-refractivity contribution in [3.8, 4) is 11.1 Å². The molecule has 23 heavy (non-hydrogen) atoms. The second-order valence-corrected chi connectivity index (χ2v) is 6.51. The van der Waals surface area contributed by atoms with E-state index in [0.717, 1.165) is 19.0 Å². The zero-order chi connectivity index (χ0) is 15.2. The Balaban J connectivity index is 0.00000192. The van der Waals surface area contributed by atoms with E-state index in [0.29, 0.717) is 0 Å². The highest BCUT2D eigenvalue weighted by Crippen LogP contribution is 2.27. The lowest BCUT2D eigenvalue weighted by Gasteiger charge is -2.21. The predicted octanol–water partition coefficient (Wildman–Crippen LogP) is 4.66. The van der Waals surface area contributed by atoms with Crippen molar-refractivity contribution in [2.75, 3.05) is 7.05 Å². The standard InChI is InChI=1S/C19H27N3.ClH/c1-20-13-17-7-9-18(10-8-17)19-14-21-22(15-19)12-11-16-5-3-2-4-6-16;/h7-10,14-16,20H,2-6,11-13H2,1H3;1H. The van der Waals surface area contributed by atoms with Gasteiger partial charge in [0.1, 0.15) is 0 Å². The minimum atomic E-state index is 0. The minimum Gasteiger partial charge on any atom is -0.316 e. The molecule has 1 heterocycles. The molecule has 0 saturated heterocycles. The van der Waals surface area contributed by atoms with Crippen LogP contribution >= 0.6 is 12.4 Å². The smallest absolute Gasteiger partial charge is 0.0568 e. The summed E-state index contributed by atoms with van der Waals surface area (Å²) in [6, 6.07) is 8.75. The number of hydrogen-bond acceptors (Lipinski definition) is 2. The molecule has 0 atom stereocenters. The van der Waals surface area contributed by atoms with E-state index in [9.17, 15) is 0 Å². The number of nitrogens with one attached hydrogen (secondary N) is 1. The Hall–Kier alpha value is -1.32. The fourth-order valence-electron chi connectivity index (χ4n) is 3.44. The topological polar surface area (TPSA) is 29.9 Å². The van der Waals surface area contributed by atoms with Crippen LogP contribution in [-0.4, -0.2) is 16.8 Å². The molecule has 1 aliphatic rings. The summed E-state index contributed by atoms with van der Waals surface area (Å²) >= 11 is 0. The molecule has 3 rings (SSSR count). The molecule has 2 aromatic rings. The third-order valence-electron chi connectivity index (χ3n) is 4.79. The average molecular weight is 334 g/mol. The summed E-state index contributed by atoms with van der Waals surface area (Å²) in [6.45, 7) is 1.98. The van der Waals surface area contributed by atoms with Crippen LogP contribution in [0.2, 0.25) is 0 Å². The van der Waals surface area contributed by atoms with Crippen molar-refractivity contribution in [1.29, 1.82) is 0 Å². The Morgan fingerprint density at radius 1 is 1.09 bits per heavy atom. The van der Waals surface area contributed by atoms with Gasteiger partial charge in [-0.2, -0.15) is 5.10 Å². The first-order valence-electron chi connectivity index (χ1n) is 8.61. The van der Waals surface area contributed by atoms with E-state index in [2.05, 4.69) is 45.6 Å². The summed E-state index contributed by atoms with van der Waals surface area (Å²) in [5.74, 6) is 0.919. The largest absolute Gasteiger partial charge is 0.316 e. The summed E-state index contributed by atoms with van der Waals surface area (Å²) < 4.78 is 2.12. The molecule has 1 N–H and O–H groups in total. The third-order valence-corrected chi connectivity index (χ3v) is 4.79. The van der Waals surface area contributed by atoms with Gasteiger partial charge >= 0.3 is 0 Å². The van der Waals surface area contributed by atoms with E-state index in [1.807, 2.05) is 13.2 Å². The Labute approximate surface area is 145 Å². The number of halogens is 1. The van der Waals surface area contributed by atoms with Crippen molar-refractivity contribution in [1.82, 2.24) is 15.1 Å². The SMILES string of the molecule is CNCc1ccc(-c2cnn(CCC3CCCCC3)c2)cc1.Cl. The van der Waals surface area contributed by atoms with Crippen LogP contribution in [0.3, 0.4) is 0 Å². The molecule has 0 spiro atoms. The fourth-order valence-corrected chi connectivity index (χ4v) is 3.44. The summed E-state index contributed by atoms with van der Waals surface area (Å²) in [6.07, 6.45) is 12.6. The molecule has 0 amide bonds. The lowest BCUT2D eigenvalue weighted by Crippen LogP contribution is -2.10. The zero-order valence-corrected chi connectivity index (χ0v) is 14.8. The zero-order valence-electron chi connectivity index (χ0n) is 14.0. The first-order chi connectivity index (χ1) is 10.8. The molecule has 1 aromatic heterocycles. The van der Waals surface area contributed by atoms with Gasteiger partial charge in [-0.1, -0.05) is 56.4 Å². The van der Waals surface area contributed by atoms with Crippen molar-refractivity contribution in [2.24, 2.45) is 5.92 Å². The van der Waals surface area contributed by atoms with Gasteiger partial charge in [-0.15, -0.1) is 12.4 Å². The monoisotopic (exact) mass is 333 g/mol. The Morgan fingerprint density at radius 2 is 1.83 bits per heavy atom. The number of aryl methyl sites for hydroxylation is 1. The van der Waals surface area contributed by atoms with E-state index >= 15 is 0 Å². The van der Waals surface area contributed by atoms with Crippen LogP contribution in [0.4, 0.5) is 0 Å². The highest BCUT2D eigenvalue weighted by Gasteiger charge is 2.13. The van der Waals surface area contributed by atoms with Crippen LogP contribution in [0, 0.1) is 5.92 Å². The molecule has 0 unspecified atom stereocenters. The highest BCUT2D eigenvalue weighted by molar-refractivity contribution is 5.85. The maximum Gasteiger partial charge on any atom is 0.0568 e. The van der Waals surface area contributed by atoms with Crippen LogP contribution in [0.25, 0.3) is 11.1 Å². The fraction of sp³-hybridized carbons (Fsp3) is 0.526. The van der Waals surface area contributed by atoms with Crippen molar-refractivity contribution in [3.05, 3.63) is 42.2 Å². The minimum absolute atomic E-state index is 0. The molecule has 0 radical (unpaired) electrons. The van der Waals surface area contributed by atoms with Gasteiger partial charge in [0, 0.05) is 24.8 Å². The highest BCUT2D eigenvalue weighted by atomic mass is 35.5. The number of hydrogen-bond donors (Lipinski definition) is 1. The van der Waals surface area contributed by atoms with E-state index in [4.69, 9.17) is 0 Å². The van der Waals surface area contributed by atoms with Gasteiger partial charge in [-0.05, 0) is 30.5 Å².